The summed E-state index contributed by atoms with van der Waals surface area (Å²) in [5, 5.41) is 9.16. The van der Waals surface area contributed by atoms with Crippen LogP contribution in [0.2, 0.25) is 0 Å². The molecular formula is C25H27N5O4. The van der Waals surface area contributed by atoms with Crippen LogP contribution in [0.5, 0.6) is 0 Å². The van der Waals surface area contributed by atoms with Crippen molar-refractivity contribution < 1.29 is 18.8 Å². The van der Waals surface area contributed by atoms with Gasteiger partial charge in [-0.2, -0.15) is 5.10 Å². The van der Waals surface area contributed by atoms with Crippen LogP contribution in [0.1, 0.15) is 52.1 Å². The standard InChI is InChI=1S/C25H27N5O4/c1-14(2)30-23-21(13-26-30)20(12-22(28-23)19-11-15(3)34-16(19)4)24(31)27-18-9-7-17(8-10-18)25(32)29(5)33-6/h7-14H,1-6H3,(H,27,31). The van der Waals surface area contributed by atoms with Crippen LogP contribution in [0.25, 0.3) is 22.3 Å². The van der Waals surface area contributed by atoms with E-state index in [2.05, 4.69) is 10.4 Å². The Bertz CT molecular complexity index is 1370. The highest BCUT2D eigenvalue weighted by Gasteiger charge is 2.21. The molecule has 0 saturated heterocycles. The minimum atomic E-state index is -0.303. The normalized spacial score (nSPS) is 11.3. The number of amides is 2. The van der Waals surface area contributed by atoms with E-state index >= 15 is 0 Å². The molecule has 176 valence electrons. The Morgan fingerprint density at radius 2 is 1.85 bits per heavy atom. The number of aromatic nitrogens is 3. The van der Waals surface area contributed by atoms with E-state index in [1.807, 2.05) is 33.8 Å². The number of hydroxylamine groups is 2. The van der Waals surface area contributed by atoms with E-state index in [4.69, 9.17) is 14.2 Å². The van der Waals surface area contributed by atoms with Crippen LogP contribution in [-0.2, 0) is 4.84 Å². The quantitative estimate of drug-likeness (QED) is 0.415. The van der Waals surface area contributed by atoms with E-state index in [0.29, 0.717) is 33.5 Å². The molecule has 0 aliphatic rings. The second-order valence-electron chi connectivity index (χ2n) is 8.32. The molecule has 0 bridgehead atoms. The topological polar surface area (TPSA) is 102 Å². The minimum absolute atomic E-state index is 0.0682. The average Bonchev–Trinajstić information content (AvgIpc) is 3.40. The zero-order valence-electron chi connectivity index (χ0n) is 20.0. The number of furan rings is 1. The lowest BCUT2D eigenvalue weighted by molar-refractivity contribution is -0.0756. The zero-order chi connectivity index (χ0) is 24.6. The van der Waals surface area contributed by atoms with E-state index in [9.17, 15) is 9.59 Å². The highest BCUT2D eigenvalue weighted by molar-refractivity contribution is 6.12. The lowest BCUT2D eigenvalue weighted by atomic mass is 10.1. The van der Waals surface area contributed by atoms with E-state index in [1.54, 1.807) is 41.2 Å². The first-order valence-corrected chi connectivity index (χ1v) is 10.9. The molecule has 0 unspecified atom stereocenters. The molecule has 1 aromatic carbocycles. The Balaban J connectivity index is 1.72. The van der Waals surface area contributed by atoms with Gasteiger partial charge in [-0.05, 0) is 64.1 Å². The van der Waals surface area contributed by atoms with Crippen molar-refractivity contribution in [1.82, 2.24) is 19.8 Å². The van der Waals surface area contributed by atoms with E-state index < -0.39 is 0 Å². The molecule has 0 saturated carbocycles. The summed E-state index contributed by atoms with van der Waals surface area (Å²) in [5.41, 5.74) is 3.54. The summed E-state index contributed by atoms with van der Waals surface area (Å²) < 4.78 is 7.48. The maximum atomic E-state index is 13.4. The van der Waals surface area contributed by atoms with Crippen LogP contribution in [0, 0.1) is 13.8 Å². The molecule has 0 aliphatic heterocycles. The van der Waals surface area contributed by atoms with Crippen LogP contribution in [-0.4, -0.2) is 45.8 Å². The molecule has 2 amide bonds. The number of carbonyl (C=O) groups is 2. The molecule has 0 spiro atoms. The molecule has 4 aromatic rings. The van der Waals surface area contributed by atoms with Crippen LogP contribution in [0.15, 0.2) is 47.0 Å². The Labute approximate surface area is 197 Å². The van der Waals surface area contributed by atoms with Crippen molar-refractivity contribution in [3.8, 4) is 11.3 Å². The number of carbonyl (C=O) groups excluding carboxylic acids is 2. The van der Waals surface area contributed by atoms with Crippen molar-refractivity contribution in [2.45, 2.75) is 33.7 Å². The van der Waals surface area contributed by atoms with Gasteiger partial charge in [0.25, 0.3) is 11.8 Å². The zero-order valence-corrected chi connectivity index (χ0v) is 20.0. The van der Waals surface area contributed by atoms with Crippen molar-refractivity contribution in [3.63, 3.8) is 0 Å². The predicted octanol–water partition coefficient (Wildman–Crippen LogP) is 4.77. The van der Waals surface area contributed by atoms with Gasteiger partial charge in [-0.1, -0.05) is 0 Å². The molecule has 1 N–H and O–H groups in total. The molecule has 3 heterocycles. The lowest BCUT2D eigenvalue weighted by Crippen LogP contribution is -2.25. The second-order valence-corrected chi connectivity index (χ2v) is 8.32. The summed E-state index contributed by atoms with van der Waals surface area (Å²) in [7, 11) is 2.95. The highest BCUT2D eigenvalue weighted by atomic mass is 16.7. The number of pyridine rings is 1. The van der Waals surface area contributed by atoms with Crippen LogP contribution in [0.4, 0.5) is 5.69 Å². The predicted molar refractivity (Wildman–Crippen MR) is 129 cm³/mol. The maximum Gasteiger partial charge on any atom is 0.277 e. The van der Waals surface area contributed by atoms with E-state index in [1.165, 1.54) is 14.2 Å². The molecule has 4 rings (SSSR count). The molecular weight excluding hydrogens is 434 g/mol. The van der Waals surface area contributed by atoms with Crippen LogP contribution >= 0.6 is 0 Å². The lowest BCUT2D eigenvalue weighted by Gasteiger charge is -2.14. The van der Waals surface area contributed by atoms with E-state index in [-0.39, 0.29) is 17.9 Å². The Morgan fingerprint density at radius 1 is 1.15 bits per heavy atom. The average molecular weight is 462 g/mol. The minimum Gasteiger partial charge on any atom is -0.466 e. The summed E-state index contributed by atoms with van der Waals surface area (Å²) in [6.07, 6.45) is 1.66. The summed E-state index contributed by atoms with van der Waals surface area (Å²) in [5.74, 6) is 0.912. The molecule has 9 nitrogen and oxygen atoms in total. The third-order valence-electron chi connectivity index (χ3n) is 5.57. The monoisotopic (exact) mass is 461 g/mol. The SMILES string of the molecule is CON(C)C(=O)c1ccc(NC(=O)c2cc(-c3cc(C)oc3C)nc3c2cnn3C(C)C)cc1. The summed E-state index contributed by atoms with van der Waals surface area (Å²) in [6.45, 7) is 7.77. The number of hydrogen-bond donors (Lipinski definition) is 1. The molecule has 34 heavy (non-hydrogen) atoms. The molecule has 0 aliphatic carbocycles. The smallest absolute Gasteiger partial charge is 0.277 e. The van der Waals surface area contributed by atoms with Gasteiger partial charge in [0.2, 0.25) is 0 Å². The summed E-state index contributed by atoms with van der Waals surface area (Å²) in [4.78, 5) is 35.3. The number of benzene rings is 1. The van der Waals surface area contributed by atoms with Crippen molar-refractivity contribution >= 4 is 28.5 Å². The number of fused-ring (bicyclic) bond motifs is 1. The number of anilines is 1. The third-order valence-corrected chi connectivity index (χ3v) is 5.57. The number of nitrogens with zero attached hydrogens (tertiary/aromatic N) is 4. The molecule has 0 atom stereocenters. The van der Waals surface area contributed by atoms with Gasteiger partial charge in [0.1, 0.15) is 11.5 Å². The first kappa shape index (κ1) is 23.2. The number of aryl methyl sites for hydroxylation is 2. The van der Waals surface area contributed by atoms with Crippen LogP contribution < -0.4 is 5.32 Å². The number of nitrogens with one attached hydrogen (secondary N) is 1. The highest BCUT2D eigenvalue weighted by Crippen LogP contribution is 2.30. The maximum absolute atomic E-state index is 13.4. The first-order valence-electron chi connectivity index (χ1n) is 10.9. The molecule has 0 fully saturated rings. The first-order chi connectivity index (χ1) is 16.2. The Kier molecular flexibility index (Phi) is 6.21. The van der Waals surface area contributed by atoms with Crippen molar-refractivity contribution in [1.29, 1.82) is 0 Å². The molecule has 9 heteroatoms. The van der Waals surface area contributed by atoms with Crippen molar-refractivity contribution in [2.24, 2.45) is 0 Å². The summed E-state index contributed by atoms with van der Waals surface area (Å²) in [6, 6.07) is 10.4. The van der Waals surface area contributed by atoms with E-state index in [0.717, 1.165) is 22.1 Å². The molecule has 0 radical (unpaired) electrons. The van der Waals surface area contributed by atoms with Gasteiger partial charge in [0.15, 0.2) is 5.65 Å². The Hall–Kier alpha value is -3.98. The van der Waals surface area contributed by atoms with Gasteiger partial charge in [-0.3, -0.25) is 14.4 Å². The summed E-state index contributed by atoms with van der Waals surface area (Å²) >= 11 is 0. The van der Waals surface area contributed by atoms with Gasteiger partial charge in [0.05, 0.1) is 30.0 Å². The van der Waals surface area contributed by atoms with Gasteiger partial charge in [0, 0.05) is 29.9 Å². The fourth-order valence-electron chi connectivity index (χ4n) is 3.77. The van der Waals surface area contributed by atoms with Crippen molar-refractivity contribution in [3.05, 3.63) is 65.2 Å². The molecule has 3 aromatic heterocycles. The largest absolute Gasteiger partial charge is 0.466 e. The van der Waals surface area contributed by atoms with Gasteiger partial charge < -0.3 is 9.73 Å². The van der Waals surface area contributed by atoms with Crippen LogP contribution in [0.3, 0.4) is 0 Å². The Morgan fingerprint density at radius 3 is 2.44 bits per heavy atom. The van der Waals surface area contributed by atoms with Gasteiger partial charge >= 0.3 is 0 Å². The number of hydrogen-bond acceptors (Lipinski definition) is 6. The fourth-order valence-corrected chi connectivity index (χ4v) is 3.77. The second kappa shape index (κ2) is 9.11. The van der Waals surface area contributed by atoms with Gasteiger partial charge in [-0.25, -0.2) is 14.7 Å². The number of rotatable bonds is 6. The fraction of sp³-hybridized carbons (Fsp3) is 0.280. The van der Waals surface area contributed by atoms with Gasteiger partial charge in [-0.15, -0.1) is 0 Å². The van der Waals surface area contributed by atoms with Crippen molar-refractivity contribution in [2.75, 3.05) is 19.5 Å². The third kappa shape index (κ3) is 4.29.